The molecule has 0 spiro atoms. The molecular formula is C31H34F5N7O2. The van der Waals surface area contributed by atoms with Crippen molar-refractivity contribution in [2.75, 3.05) is 50.0 Å². The molecule has 2 aromatic heterocycles. The molecule has 6 aliphatic rings. The number of hydrogen-bond donors (Lipinski definition) is 2. The van der Waals surface area contributed by atoms with Crippen LogP contribution in [0.1, 0.15) is 43.2 Å². The Morgan fingerprint density at radius 1 is 1.18 bits per heavy atom. The summed E-state index contributed by atoms with van der Waals surface area (Å²) in [5.41, 5.74) is 2.84. The van der Waals surface area contributed by atoms with E-state index in [2.05, 4.69) is 25.1 Å². The van der Waals surface area contributed by atoms with Crippen LogP contribution < -0.4 is 25.4 Å². The molecule has 0 radical (unpaired) electrons. The van der Waals surface area contributed by atoms with E-state index in [1.165, 1.54) is 13.0 Å². The maximum absolute atomic E-state index is 16.8. The Kier molecular flexibility index (Phi) is 6.58. The lowest BCUT2D eigenvalue weighted by molar-refractivity contribution is -0.137. The lowest BCUT2D eigenvalue weighted by Gasteiger charge is -2.33. The number of piperidine rings is 1. The SMILES string of the molecule is Cc1cc(N)nc(-c2cc3c4c(nc(OC[C@@]56CCCN5C[C@H](F)C6)nc4c2F)N2C[C@H]4CC[C@H](CN4)[C@H]2CO3)c1C(F)(F)F. The van der Waals surface area contributed by atoms with Gasteiger partial charge in [-0.2, -0.15) is 23.1 Å². The molecule has 5 atom stereocenters. The van der Waals surface area contributed by atoms with Gasteiger partial charge in [-0.05, 0) is 62.8 Å². The summed E-state index contributed by atoms with van der Waals surface area (Å²) in [6, 6.07) is 2.34. The molecule has 6 aliphatic heterocycles. The van der Waals surface area contributed by atoms with E-state index in [4.69, 9.17) is 20.2 Å². The highest BCUT2D eigenvalue weighted by atomic mass is 19.4. The molecule has 5 fully saturated rings. The highest BCUT2D eigenvalue weighted by molar-refractivity contribution is 5.99. The number of ether oxygens (including phenoxy) is 2. The number of alkyl halides is 4. The Hall–Kier alpha value is -3.52. The molecule has 0 amide bonds. The van der Waals surface area contributed by atoms with Crippen molar-refractivity contribution >= 4 is 22.5 Å². The van der Waals surface area contributed by atoms with Gasteiger partial charge in [-0.25, -0.2) is 13.8 Å². The number of nitrogens with two attached hydrogens (primary N) is 1. The highest BCUT2D eigenvalue weighted by Gasteiger charge is 2.50. The summed E-state index contributed by atoms with van der Waals surface area (Å²) in [6.45, 7) is 4.10. The average molecular weight is 632 g/mol. The third-order valence-electron chi connectivity index (χ3n) is 10.4. The fraction of sp³-hybridized carbons (Fsp3) is 0.581. The summed E-state index contributed by atoms with van der Waals surface area (Å²) in [6.07, 6.45) is -1.85. The molecule has 45 heavy (non-hydrogen) atoms. The van der Waals surface area contributed by atoms with E-state index in [0.717, 1.165) is 44.8 Å². The molecule has 8 heterocycles. The number of benzene rings is 1. The fourth-order valence-electron chi connectivity index (χ4n) is 8.36. The second-order valence-electron chi connectivity index (χ2n) is 13.2. The molecule has 3 aromatic rings. The third kappa shape index (κ3) is 4.65. The van der Waals surface area contributed by atoms with Gasteiger partial charge in [0.25, 0.3) is 0 Å². The second-order valence-corrected chi connectivity index (χ2v) is 13.2. The van der Waals surface area contributed by atoms with Crippen LogP contribution in [-0.2, 0) is 6.18 Å². The Labute approximate surface area is 256 Å². The number of hydrogen-bond acceptors (Lipinski definition) is 9. The molecule has 9 rings (SSSR count). The minimum absolute atomic E-state index is 0.110. The summed E-state index contributed by atoms with van der Waals surface area (Å²) < 4.78 is 86.8. The lowest BCUT2D eigenvalue weighted by atomic mass is 9.91. The number of nitrogen functional groups attached to an aromatic ring is 1. The summed E-state index contributed by atoms with van der Waals surface area (Å²) in [5.74, 6) is -0.367. The Bertz CT molecular complexity index is 1680. The predicted molar refractivity (Wildman–Crippen MR) is 157 cm³/mol. The van der Waals surface area contributed by atoms with Crippen LogP contribution in [-0.4, -0.2) is 83.0 Å². The zero-order chi connectivity index (χ0) is 31.2. The summed E-state index contributed by atoms with van der Waals surface area (Å²) >= 11 is 0. The number of pyridine rings is 1. The highest BCUT2D eigenvalue weighted by Crippen LogP contribution is 2.47. The first-order valence-corrected chi connectivity index (χ1v) is 15.5. The van der Waals surface area contributed by atoms with Crippen LogP contribution in [0.5, 0.6) is 11.8 Å². The van der Waals surface area contributed by atoms with Crippen LogP contribution in [0.3, 0.4) is 0 Å². The van der Waals surface area contributed by atoms with E-state index in [-0.39, 0.29) is 65.3 Å². The summed E-state index contributed by atoms with van der Waals surface area (Å²) in [4.78, 5) is 17.5. The van der Waals surface area contributed by atoms with Crippen molar-refractivity contribution in [1.29, 1.82) is 0 Å². The lowest BCUT2D eigenvalue weighted by Crippen LogP contribution is -2.44. The standard InChI is InChI=1S/C31H34F5N7O2/c1-15-7-22(37)39-26(24(15)31(34,35)36)19-8-21-23-27(25(19)33)40-29(45-14-30-5-2-6-42(30)11-17(32)9-30)41-28(23)43-12-18-4-3-16(10-38-18)20(43)13-44-21/h7-8,16-18,20,38H,2-6,9-14H2,1H3,(H2,37,39)/t16-,17-,18-,20-,30+/m1/s1. The van der Waals surface area contributed by atoms with Crippen LogP contribution in [0.2, 0.25) is 0 Å². The number of aromatic nitrogens is 3. The molecule has 5 saturated heterocycles. The van der Waals surface area contributed by atoms with Crippen molar-refractivity contribution < 1.29 is 31.4 Å². The van der Waals surface area contributed by atoms with Gasteiger partial charge in [-0.1, -0.05) is 0 Å². The molecule has 2 bridgehead atoms. The van der Waals surface area contributed by atoms with Crippen molar-refractivity contribution in [1.82, 2.24) is 25.2 Å². The van der Waals surface area contributed by atoms with E-state index in [1.54, 1.807) is 0 Å². The van der Waals surface area contributed by atoms with Gasteiger partial charge in [-0.3, -0.25) is 4.90 Å². The predicted octanol–water partition coefficient (Wildman–Crippen LogP) is 4.64. The minimum Gasteiger partial charge on any atom is -0.491 e. The average Bonchev–Trinajstić information content (AvgIpc) is 3.30. The van der Waals surface area contributed by atoms with E-state index in [9.17, 15) is 17.6 Å². The second kappa shape index (κ2) is 10.2. The largest absolute Gasteiger partial charge is 0.491 e. The topological polar surface area (TPSA) is 102 Å². The van der Waals surface area contributed by atoms with Gasteiger partial charge in [0, 0.05) is 37.7 Å². The quantitative estimate of drug-likeness (QED) is 0.399. The van der Waals surface area contributed by atoms with E-state index in [0.29, 0.717) is 25.3 Å². The number of aryl methyl sites for hydroxylation is 1. The molecular weight excluding hydrogens is 597 g/mol. The van der Waals surface area contributed by atoms with Gasteiger partial charge in [0.15, 0.2) is 5.82 Å². The van der Waals surface area contributed by atoms with Gasteiger partial charge < -0.3 is 25.4 Å². The molecule has 1 aromatic carbocycles. The first-order valence-electron chi connectivity index (χ1n) is 15.5. The van der Waals surface area contributed by atoms with E-state index >= 15 is 4.39 Å². The van der Waals surface area contributed by atoms with Crippen molar-refractivity contribution in [3.05, 3.63) is 29.1 Å². The number of rotatable bonds is 4. The number of fused-ring (bicyclic) bond motifs is 3. The summed E-state index contributed by atoms with van der Waals surface area (Å²) in [5, 5.41) is 3.85. The van der Waals surface area contributed by atoms with Gasteiger partial charge in [-0.15, -0.1) is 0 Å². The molecule has 9 nitrogen and oxygen atoms in total. The zero-order valence-electron chi connectivity index (χ0n) is 24.8. The molecule has 0 unspecified atom stereocenters. The molecule has 14 heteroatoms. The van der Waals surface area contributed by atoms with Gasteiger partial charge in [0.2, 0.25) is 0 Å². The first kappa shape index (κ1) is 28.9. The van der Waals surface area contributed by atoms with Crippen LogP contribution in [0.15, 0.2) is 12.1 Å². The smallest absolute Gasteiger partial charge is 0.418 e. The van der Waals surface area contributed by atoms with Crippen molar-refractivity contribution in [3.8, 4) is 23.0 Å². The number of anilines is 2. The van der Waals surface area contributed by atoms with Gasteiger partial charge in [0.1, 0.15) is 42.3 Å². The number of nitrogens with one attached hydrogen (secondary N) is 1. The van der Waals surface area contributed by atoms with Crippen LogP contribution in [0, 0.1) is 18.7 Å². The first-order chi connectivity index (χ1) is 21.5. The van der Waals surface area contributed by atoms with Crippen molar-refractivity contribution in [2.24, 2.45) is 5.92 Å². The molecule has 0 saturated carbocycles. The van der Waals surface area contributed by atoms with Crippen molar-refractivity contribution in [3.63, 3.8) is 0 Å². The third-order valence-corrected chi connectivity index (χ3v) is 10.4. The number of nitrogens with zero attached hydrogens (tertiary/aromatic N) is 5. The van der Waals surface area contributed by atoms with Crippen LogP contribution in [0.4, 0.5) is 33.6 Å². The van der Waals surface area contributed by atoms with Crippen LogP contribution >= 0.6 is 0 Å². The van der Waals surface area contributed by atoms with E-state index in [1.807, 2.05) is 0 Å². The minimum atomic E-state index is -4.82. The molecule has 0 aliphatic carbocycles. The maximum atomic E-state index is 16.8. The number of halogens is 5. The monoisotopic (exact) mass is 631 g/mol. The normalized spacial score (nSPS) is 29.3. The van der Waals surface area contributed by atoms with Crippen molar-refractivity contribution in [2.45, 2.75) is 69.0 Å². The Morgan fingerprint density at radius 3 is 2.80 bits per heavy atom. The Balaban J connectivity index is 1.31. The zero-order valence-corrected chi connectivity index (χ0v) is 24.8. The Morgan fingerprint density at radius 2 is 2.02 bits per heavy atom. The van der Waals surface area contributed by atoms with Gasteiger partial charge in [0.05, 0.1) is 28.2 Å². The van der Waals surface area contributed by atoms with E-state index < -0.39 is 40.5 Å². The van der Waals surface area contributed by atoms with Gasteiger partial charge >= 0.3 is 12.2 Å². The molecule has 240 valence electrons. The summed E-state index contributed by atoms with van der Waals surface area (Å²) in [7, 11) is 0. The maximum Gasteiger partial charge on any atom is 0.418 e. The fourth-order valence-corrected chi connectivity index (χ4v) is 8.36. The molecule has 3 N–H and O–H groups in total. The van der Waals surface area contributed by atoms with Crippen LogP contribution in [0.25, 0.3) is 22.2 Å².